The Morgan fingerprint density at radius 1 is 0.882 bits per heavy atom. The molecule has 2 amide bonds. The van der Waals surface area contributed by atoms with Gasteiger partial charge in [0, 0.05) is 16.6 Å². The summed E-state index contributed by atoms with van der Waals surface area (Å²) in [5, 5.41) is 7.84. The van der Waals surface area contributed by atoms with Gasteiger partial charge < -0.3 is 20.1 Å². The fraction of sp³-hybridized carbons (Fsp3) is 0.240. The zero-order chi connectivity index (χ0) is 24.3. The molecule has 0 saturated heterocycles. The second-order valence-corrected chi connectivity index (χ2v) is 8.85. The molecule has 178 valence electrons. The van der Waals surface area contributed by atoms with E-state index in [0.29, 0.717) is 28.4 Å². The summed E-state index contributed by atoms with van der Waals surface area (Å²) in [5.41, 5.74) is 2.57. The van der Waals surface area contributed by atoms with Crippen LogP contribution in [-0.2, 0) is 14.3 Å². The van der Waals surface area contributed by atoms with Crippen molar-refractivity contribution in [3.8, 4) is 16.9 Å². The Labute approximate surface area is 206 Å². The largest absolute Gasteiger partial charge is 0.494 e. The van der Waals surface area contributed by atoms with Crippen molar-refractivity contribution in [2.45, 2.75) is 13.8 Å². The molecule has 0 fully saturated rings. The van der Waals surface area contributed by atoms with E-state index in [2.05, 4.69) is 10.6 Å². The van der Waals surface area contributed by atoms with E-state index in [1.165, 1.54) is 23.1 Å². The van der Waals surface area contributed by atoms with Gasteiger partial charge in [-0.15, -0.1) is 23.1 Å². The first kappa shape index (κ1) is 25.3. The predicted octanol–water partition coefficient (Wildman–Crippen LogP) is 5.30. The average Bonchev–Trinajstić information content (AvgIpc) is 3.25. The first-order valence-corrected chi connectivity index (χ1v) is 12.8. The number of hydrogen-bond acceptors (Lipinski definition) is 7. The monoisotopic (exact) mass is 498 g/mol. The van der Waals surface area contributed by atoms with Gasteiger partial charge in [-0.05, 0) is 43.7 Å². The molecule has 0 aliphatic carbocycles. The maximum atomic E-state index is 12.6. The van der Waals surface area contributed by atoms with Gasteiger partial charge in [-0.1, -0.05) is 30.3 Å². The summed E-state index contributed by atoms with van der Waals surface area (Å²) in [4.78, 5) is 37.3. The van der Waals surface area contributed by atoms with Crippen LogP contribution in [0, 0.1) is 0 Å². The third-order valence-electron chi connectivity index (χ3n) is 4.52. The number of amides is 2. The molecule has 3 aromatic rings. The van der Waals surface area contributed by atoms with Crippen molar-refractivity contribution in [2.75, 3.05) is 35.4 Å². The lowest BCUT2D eigenvalue weighted by Gasteiger charge is -2.09. The van der Waals surface area contributed by atoms with Crippen LogP contribution in [0.4, 0.5) is 10.7 Å². The van der Waals surface area contributed by atoms with E-state index in [0.717, 1.165) is 11.3 Å². The Balaban J connectivity index is 1.55. The Morgan fingerprint density at radius 3 is 2.21 bits per heavy atom. The summed E-state index contributed by atoms with van der Waals surface area (Å²) in [6, 6.07) is 16.6. The number of thioether (sulfide) groups is 1. The van der Waals surface area contributed by atoms with Gasteiger partial charge in [-0.3, -0.25) is 9.59 Å². The normalized spacial score (nSPS) is 10.4. The topological polar surface area (TPSA) is 93.7 Å². The van der Waals surface area contributed by atoms with Crippen molar-refractivity contribution in [1.82, 2.24) is 0 Å². The lowest BCUT2D eigenvalue weighted by atomic mass is 10.0. The van der Waals surface area contributed by atoms with Crippen LogP contribution in [-0.4, -0.2) is 42.5 Å². The maximum Gasteiger partial charge on any atom is 0.341 e. The first-order valence-electron chi connectivity index (χ1n) is 10.8. The van der Waals surface area contributed by atoms with Crippen LogP contribution in [0.15, 0.2) is 60.0 Å². The quantitative estimate of drug-likeness (QED) is 0.349. The van der Waals surface area contributed by atoms with Gasteiger partial charge in [-0.25, -0.2) is 4.79 Å². The molecule has 0 aliphatic rings. The van der Waals surface area contributed by atoms with E-state index in [1.807, 2.05) is 42.6 Å². The number of esters is 1. The zero-order valence-electron chi connectivity index (χ0n) is 19.0. The number of hydrogen-bond donors (Lipinski definition) is 2. The zero-order valence-corrected chi connectivity index (χ0v) is 20.6. The standard InChI is InChI=1S/C25H26N2O5S2/c1-3-31-19-12-10-18(11-13-19)26-21(28)15-33-16-22(29)27-24-23(25(30)32-4-2)20(14-34-24)17-8-6-5-7-9-17/h5-14H,3-4,15-16H2,1-2H3,(H,26,28)(H,27,29). The van der Waals surface area contributed by atoms with Gasteiger partial charge in [-0.2, -0.15) is 0 Å². The first-order chi connectivity index (χ1) is 16.5. The highest BCUT2D eigenvalue weighted by molar-refractivity contribution is 8.00. The average molecular weight is 499 g/mol. The van der Waals surface area contributed by atoms with E-state index >= 15 is 0 Å². The van der Waals surface area contributed by atoms with Crippen molar-refractivity contribution in [3.63, 3.8) is 0 Å². The second kappa shape index (κ2) is 12.8. The molecule has 34 heavy (non-hydrogen) atoms. The Hall–Kier alpha value is -3.30. The second-order valence-electron chi connectivity index (χ2n) is 6.99. The molecular formula is C25H26N2O5S2. The van der Waals surface area contributed by atoms with Crippen molar-refractivity contribution in [3.05, 3.63) is 65.5 Å². The molecule has 9 heteroatoms. The highest BCUT2D eigenvalue weighted by Gasteiger charge is 2.22. The molecule has 3 rings (SSSR count). The number of rotatable bonds is 11. The molecule has 1 heterocycles. The molecular weight excluding hydrogens is 472 g/mol. The highest BCUT2D eigenvalue weighted by atomic mass is 32.2. The van der Waals surface area contributed by atoms with Crippen LogP contribution in [0.5, 0.6) is 5.75 Å². The van der Waals surface area contributed by atoms with Crippen molar-refractivity contribution >= 4 is 51.6 Å². The summed E-state index contributed by atoms with van der Waals surface area (Å²) in [6.07, 6.45) is 0. The van der Waals surface area contributed by atoms with Crippen molar-refractivity contribution < 1.29 is 23.9 Å². The Kier molecular flexibility index (Phi) is 9.54. The summed E-state index contributed by atoms with van der Waals surface area (Å²) in [5.74, 6) is -0.0802. The molecule has 2 N–H and O–H groups in total. The summed E-state index contributed by atoms with van der Waals surface area (Å²) in [7, 11) is 0. The molecule has 1 aromatic heterocycles. The van der Waals surface area contributed by atoms with Crippen LogP contribution in [0.3, 0.4) is 0 Å². The number of benzene rings is 2. The van der Waals surface area contributed by atoms with E-state index < -0.39 is 5.97 Å². The van der Waals surface area contributed by atoms with Gasteiger partial charge in [0.05, 0.1) is 24.7 Å². The lowest BCUT2D eigenvalue weighted by Crippen LogP contribution is -2.19. The smallest absolute Gasteiger partial charge is 0.341 e. The number of thiophene rings is 1. The van der Waals surface area contributed by atoms with E-state index in [9.17, 15) is 14.4 Å². The molecule has 0 aliphatic heterocycles. The Morgan fingerprint density at radius 2 is 1.56 bits per heavy atom. The van der Waals surface area contributed by atoms with Gasteiger partial charge >= 0.3 is 5.97 Å². The van der Waals surface area contributed by atoms with E-state index in [-0.39, 0.29) is 29.9 Å². The van der Waals surface area contributed by atoms with Gasteiger partial charge in [0.1, 0.15) is 16.3 Å². The van der Waals surface area contributed by atoms with Crippen LogP contribution >= 0.6 is 23.1 Å². The minimum Gasteiger partial charge on any atom is -0.494 e. The van der Waals surface area contributed by atoms with Gasteiger partial charge in [0.2, 0.25) is 11.8 Å². The Bertz CT molecular complexity index is 1110. The van der Waals surface area contributed by atoms with Crippen LogP contribution in [0.1, 0.15) is 24.2 Å². The van der Waals surface area contributed by atoms with Gasteiger partial charge in [0.25, 0.3) is 0 Å². The molecule has 0 atom stereocenters. The minimum atomic E-state index is -0.486. The highest BCUT2D eigenvalue weighted by Crippen LogP contribution is 2.36. The van der Waals surface area contributed by atoms with Crippen molar-refractivity contribution in [1.29, 1.82) is 0 Å². The molecule has 0 unspecified atom stereocenters. The van der Waals surface area contributed by atoms with Gasteiger partial charge in [0.15, 0.2) is 0 Å². The summed E-state index contributed by atoms with van der Waals surface area (Å²) >= 11 is 2.45. The number of nitrogens with one attached hydrogen (secondary N) is 2. The molecule has 7 nitrogen and oxygen atoms in total. The predicted molar refractivity (Wildman–Crippen MR) is 138 cm³/mol. The maximum absolute atomic E-state index is 12.6. The van der Waals surface area contributed by atoms with E-state index in [4.69, 9.17) is 9.47 Å². The molecule has 0 radical (unpaired) electrons. The number of carbonyl (C=O) groups excluding carboxylic acids is 3. The fourth-order valence-electron chi connectivity index (χ4n) is 3.08. The number of ether oxygens (including phenoxy) is 2. The summed E-state index contributed by atoms with van der Waals surface area (Å²) in [6.45, 7) is 4.45. The van der Waals surface area contributed by atoms with Crippen molar-refractivity contribution in [2.24, 2.45) is 0 Å². The number of anilines is 2. The third kappa shape index (κ3) is 7.10. The SMILES string of the molecule is CCOC(=O)c1c(-c2ccccc2)csc1NC(=O)CSCC(=O)Nc1ccc(OCC)cc1. The molecule has 0 bridgehead atoms. The van der Waals surface area contributed by atoms with E-state index in [1.54, 1.807) is 31.2 Å². The molecule has 0 spiro atoms. The number of carbonyl (C=O) groups is 3. The third-order valence-corrected chi connectivity index (χ3v) is 6.35. The lowest BCUT2D eigenvalue weighted by molar-refractivity contribution is -0.114. The molecule has 0 saturated carbocycles. The molecule has 2 aromatic carbocycles. The summed E-state index contributed by atoms with van der Waals surface area (Å²) < 4.78 is 10.6. The van der Waals surface area contributed by atoms with Crippen LogP contribution < -0.4 is 15.4 Å². The van der Waals surface area contributed by atoms with Crippen LogP contribution in [0.2, 0.25) is 0 Å². The fourth-order valence-corrected chi connectivity index (χ4v) is 4.67. The minimum absolute atomic E-state index is 0.0670. The van der Waals surface area contributed by atoms with Crippen LogP contribution in [0.25, 0.3) is 11.1 Å².